The van der Waals surface area contributed by atoms with Gasteiger partial charge >= 0.3 is 0 Å². The molecule has 1 aliphatic heterocycles. The van der Waals surface area contributed by atoms with Crippen molar-refractivity contribution in [3.05, 3.63) is 41.2 Å². The van der Waals surface area contributed by atoms with E-state index in [1.165, 1.54) is 17.5 Å². The molecule has 3 rings (SSSR count). The van der Waals surface area contributed by atoms with Gasteiger partial charge in [-0.1, -0.05) is 19.8 Å². The van der Waals surface area contributed by atoms with E-state index in [0.29, 0.717) is 31.7 Å². The lowest BCUT2D eigenvalue weighted by Crippen LogP contribution is -2.33. The fourth-order valence-electron chi connectivity index (χ4n) is 4.03. The molecule has 1 amide bonds. The lowest BCUT2D eigenvalue weighted by Gasteiger charge is -2.21. The van der Waals surface area contributed by atoms with Crippen LogP contribution in [0.1, 0.15) is 54.4 Å². The van der Waals surface area contributed by atoms with E-state index in [9.17, 15) is 13.2 Å². The van der Waals surface area contributed by atoms with E-state index in [4.69, 9.17) is 4.74 Å². The normalized spacial score (nSPS) is 16.4. The third-order valence-corrected chi connectivity index (χ3v) is 7.73. The molecule has 176 valence electrons. The zero-order valence-electron chi connectivity index (χ0n) is 19.4. The number of ether oxygens (including phenoxy) is 1. The molecule has 1 atom stereocenters. The molecule has 1 aliphatic rings. The fourth-order valence-corrected chi connectivity index (χ4v) is 5.73. The van der Waals surface area contributed by atoms with Crippen LogP contribution in [0.3, 0.4) is 0 Å². The third-order valence-electron chi connectivity index (χ3n) is 5.81. The summed E-state index contributed by atoms with van der Waals surface area (Å²) in [6, 6.07) is 6.61. The lowest BCUT2D eigenvalue weighted by atomic mass is 10.1. The molecule has 0 saturated carbocycles. The Labute approximate surface area is 191 Å². The van der Waals surface area contributed by atoms with Crippen molar-refractivity contribution >= 4 is 15.9 Å². The SMILES string of the molecule is COc1ccc(C(=O)NCC(C)Cn2nc(C)cc2C)cc1S(=O)(=O)N1CCCCCC1. The minimum Gasteiger partial charge on any atom is -0.495 e. The highest BCUT2D eigenvalue weighted by Crippen LogP contribution is 2.29. The number of benzene rings is 1. The monoisotopic (exact) mass is 462 g/mol. The molecule has 1 aromatic carbocycles. The first-order valence-electron chi connectivity index (χ1n) is 11.2. The maximum Gasteiger partial charge on any atom is 0.251 e. The molecule has 1 saturated heterocycles. The summed E-state index contributed by atoms with van der Waals surface area (Å²) in [5.74, 6) is 0.111. The van der Waals surface area contributed by atoms with Crippen molar-refractivity contribution in [1.29, 1.82) is 0 Å². The molecule has 9 heteroatoms. The standard InChI is InChI=1S/C23H34N4O4S/c1-17(16-27-19(3)13-18(2)25-27)15-24-23(28)20-9-10-21(31-4)22(14-20)32(29,30)26-11-7-5-6-8-12-26/h9-10,13-14,17H,5-8,11-12,15-16H2,1-4H3,(H,24,28). The zero-order chi connectivity index (χ0) is 23.3. The smallest absolute Gasteiger partial charge is 0.251 e. The number of sulfonamides is 1. The zero-order valence-corrected chi connectivity index (χ0v) is 20.2. The topological polar surface area (TPSA) is 93.5 Å². The first kappa shape index (κ1) is 24.3. The molecule has 2 heterocycles. The summed E-state index contributed by atoms with van der Waals surface area (Å²) in [5, 5.41) is 7.38. The van der Waals surface area contributed by atoms with E-state index >= 15 is 0 Å². The first-order valence-corrected chi connectivity index (χ1v) is 12.6. The van der Waals surface area contributed by atoms with E-state index in [-0.39, 0.29) is 22.5 Å². The van der Waals surface area contributed by atoms with E-state index in [0.717, 1.165) is 37.1 Å². The second-order valence-corrected chi connectivity index (χ2v) is 10.5. The molecule has 1 aromatic heterocycles. The Bertz CT molecular complexity index is 1040. The highest BCUT2D eigenvalue weighted by atomic mass is 32.2. The Morgan fingerprint density at radius 2 is 1.84 bits per heavy atom. The van der Waals surface area contributed by atoms with Crippen molar-refractivity contribution in [3.8, 4) is 5.75 Å². The van der Waals surface area contributed by atoms with Crippen LogP contribution in [-0.4, -0.2) is 55.2 Å². The minimum atomic E-state index is -3.74. The highest BCUT2D eigenvalue weighted by Gasteiger charge is 2.29. The molecular formula is C23H34N4O4S. The molecule has 0 aliphatic carbocycles. The van der Waals surface area contributed by atoms with Gasteiger partial charge in [-0.25, -0.2) is 8.42 Å². The van der Waals surface area contributed by atoms with E-state index in [2.05, 4.69) is 10.4 Å². The molecular weight excluding hydrogens is 428 g/mol. The summed E-state index contributed by atoms with van der Waals surface area (Å²) in [7, 11) is -2.30. The van der Waals surface area contributed by atoms with Gasteiger partial charge in [0.1, 0.15) is 10.6 Å². The largest absolute Gasteiger partial charge is 0.495 e. The van der Waals surface area contributed by atoms with Gasteiger partial charge in [-0.2, -0.15) is 9.40 Å². The number of nitrogens with zero attached hydrogens (tertiary/aromatic N) is 3. The minimum absolute atomic E-state index is 0.0465. The van der Waals surface area contributed by atoms with Gasteiger partial charge in [0.2, 0.25) is 10.0 Å². The molecule has 1 N–H and O–H groups in total. The van der Waals surface area contributed by atoms with Gasteiger partial charge in [0, 0.05) is 37.4 Å². The quantitative estimate of drug-likeness (QED) is 0.651. The van der Waals surface area contributed by atoms with E-state index in [1.54, 1.807) is 12.1 Å². The fraction of sp³-hybridized carbons (Fsp3) is 0.565. The molecule has 0 bridgehead atoms. The summed E-state index contributed by atoms with van der Waals surface area (Å²) in [4.78, 5) is 12.8. The molecule has 8 nitrogen and oxygen atoms in total. The number of aromatic nitrogens is 2. The molecule has 32 heavy (non-hydrogen) atoms. The van der Waals surface area contributed by atoms with Crippen LogP contribution in [-0.2, 0) is 16.6 Å². The summed E-state index contributed by atoms with van der Waals surface area (Å²) >= 11 is 0. The van der Waals surface area contributed by atoms with Crippen molar-refractivity contribution in [1.82, 2.24) is 19.4 Å². The van der Waals surface area contributed by atoms with Crippen LogP contribution >= 0.6 is 0 Å². The van der Waals surface area contributed by atoms with Gasteiger partial charge in [0.25, 0.3) is 5.91 Å². The summed E-state index contributed by atoms with van der Waals surface area (Å²) < 4.78 is 35.4. The maximum absolute atomic E-state index is 13.3. The Morgan fingerprint density at radius 1 is 1.16 bits per heavy atom. The van der Waals surface area contributed by atoms with Crippen LogP contribution in [0, 0.1) is 19.8 Å². The molecule has 0 radical (unpaired) electrons. The molecule has 1 unspecified atom stereocenters. The Balaban J connectivity index is 1.72. The van der Waals surface area contributed by atoms with Crippen molar-refractivity contribution in [2.45, 2.75) is 57.9 Å². The van der Waals surface area contributed by atoms with E-state index in [1.807, 2.05) is 31.5 Å². The van der Waals surface area contributed by atoms with Crippen LogP contribution in [0.15, 0.2) is 29.2 Å². The van der Waals surface area contributed by atoms with Gasteiger partial charge in [0.15, 0.2) is 0 Å². The number of nitrogens with one attached hydrogen (secondary N) is 1. The van der Waals surface area contributed by atoms with Crippen molar-refractivity contribution in [2.24, 2.45) is 5.92 Å². The third kappa shape index (κ3) is 5.69. The predicted octanol–water partition coefficient (Wildman–Crippen LogP) is 3.14. The van der Waals surface area contributed by atoms with Gasteiger partial charge in [-0.3, -0.25) is 9.48 Å². The van der Waals surface area contributed by atoms with Crippen LogP contribution in [0.25, 0.3) is 0 Å². The summed E-state index contributed by atoms with van der Waals surface area (Å²) in [5.41, 5.74) is 2.35. The first-order chi connectivity index (χ1) is 15.2. The molecule has 2 aromatic rings. The van der Waals surface area contributed by atoms with Gasteiger partial charge in [-0.15, -0.1) is 0 Å². The Morgan fingerprint density at radius 3 is 2.44 bits per heavy atom. The number of carbonyl (C=O) groups excluding carboxylic acids is 1. The molecule has 1 fully saturated rings. The Kier molecular flexibility index (Phi) is 7.95. The predicted molar refractivity (Wildman–Crippen MR) is 123 cm³/mol. The van der Waals surface area contributed by atoms with Crippen LogP contribution in [0.4, 0.5) is 0 Å². The maximum atomic E-state index is 13.3. The molecule has 0 spiro atoms. The van der Waals surface area contributed by atoms with E-state index < -0.39 is 10.0 Å². The van der Waals surface area contributed by atoms with Crippen LogP contribution < -0.4 is 10.1 Å². The second-order valence-electron chi connectivity index (χ2n) is 8.61. The van der Waals surface area contributed by atoms with Crippen molar-refractivity contribution in [3.63, 3.8) is 0 Å². The average Bonchev–Trinajstić information content (AvgIpc) is 2.96. The lowest BCUT2D eigenvalue weighted by molar-refractivity contribution is 0.0946. The van der Waals surface area contributed by atoms with Crippen LogP contribution in [0.2, 0.25) is 0 Å². The van der Waals surface area contributed by atoms with Gasteiger partial charge in [-0.05, 0) is 56.9 Å². The van der Waals surface area contributed by atoms with Crippen molar-refractivity contribution < 1.29 is 17.9 Å². The number of rotatable bonds is 8. The van der Waals surface area contributed by atoms with Gasteiger partial charge in [0.05, 0.1) is 12.8 Å². The highest BCUT2D eigenvalue weighted by molar-refractivity contribution is 7.89. The second kappa shape index (κ2) is 10.5. The Hall–Kier alpha value is -2.39. The number of amides is 1. The summed E-state index contributed by atoms with van der Waals surface area (Å²) in [6.45, 7) is 8.14. The van der Waals surface area contributed by atoms with Gasteiger partial charge < -0.3 is 10.1 Å². The summed E-state index contributed by atoms with van der Waals surface area (Å²) in [6.07, 6.45) is 3.74. The number of aryl methyl sites for hydroxylation is 2. The number of methoxy groups -OCH3 is 1. The average molecular weight is 463 g/mol. The van der Waals surface area contributed by atoms with Crippen LogP contribution in [0.5, 0.6) is 5.75 Å². The number of hydrogen-bond donors (Lipinski definition) is 1. The number of hydrogen-bond acceptors (Lipinski definition) is 5. The van der Waals surface area contributed by atoms with Crippen molar-refractivity contribution in [2.75, 3.05) is 26.7 Å². The number of carbonyl (C=O) groups is 1.